The molecule has 0 aromatic rings. The van der Waals surface area contributed by atoms with E-state index < -0.39 is 0 Å². The third kappa shape index (κ3) is 7.51. The Labute approximate surface area is 74.5 Å². The fourth-order valence-corrected chi connectivity index (χ4v) is 0.769. The van der Waals surface area contributed by atoms with Crippen molar-refractivity contribution in [2.45, 2.75) is 39.2 Å². The van der Waals surface area contributed by atoms with Crippen molar-refractivity contribution >= 4 is 0 Å². The summed E-state index contributed by atoms with van der Waals surface area (Å²) in [6.45, 7) is 3.94. The van der Waals surface area contributed by atoms with Gasteiger partial charge in [0.25, 0.3) is 0 Å². The van der Waals surface area contributed by atoms with E-state index in [-0.39, 0.29) is 6.10 Å². The van der Waals surface area contributed by atoms with E-state index in [0.717, 1.165) is 19.3 Å². The standard InChI is InChI=1S/C10H18O2/c1-3-4-5-6-7-8-9-10(2)12-11/h4-5,7-8,10-11H,3,6,9H2,1-2H3/b5-4+,8-7?. The van der Waals surface area contributed by atoms with E-state index in [9.17, 15) is 0 Å². The summed E-state index contributed by atoms with van der Waals surface area (Å²) in [5.74, 6) is 0. The van der Waals surface area contributed by atoms with Gasteiger partial charge in [-0.3, -0.25) is 5.26 Å². The zero-order valence-corrected chi connectivity index (χ0v) is 7.86. The molecule has 1 N–H and O–H groups in total. The largest absolute Gasteiger partial charge is 0.252 e. The maximum Gasteiger partial charge on any atom is 0.0933 e. The molecular formula is C10H18O2. The summed E-state index contributed by atoms with van der Waals surface area (Å²) < 4.78 is 0. The van der Waals surface area contributed by atoms with Crippen LogP contribution in [0, 0.1) is 0 Å². The molecule has 0 rings (SSSR count). The Morgan fingerprint density at radius 3 is 2.50 bits per heavy atom. The van der Waals surface area contributed by atoms with Gasteiger partial charge in [0.1, 0.15) is 0 Å². The second kappa shape index (κ2) is 8.50. The Morgan fingerprint density at radius 1 is 1.25 bits per heavy atom. The summed E-state index contributed by atoms with van der Waals surface area (Å²) in [5, 5.41) is 8.23. The molecule has 0 aliphatic carbocycles. The maximum atomic E-state index is 8.23. The molecule has 0 aliphatic heterocycles. The van der Waals surface area contributed by atoms with E-state index in [1.165, 1.54) is 0 Å². The van der Waals surface area contributed by atoms with Crippen LogP contribution >= 0.6 is 0 Å². The number of hydrogen-bond acceptors (Lipinski definition) is 2. The van der Waals surface area contributed by atoms with Gasteiger partial charge < -0.3 is 0 Å². The maximum absolute atomic E-state index is 8.23. The van der Waals surface area contributed by atoms with Crippen molar-refractivity contribution in [3.63, 3.8) is 0 Å². The van der Waals surface area contributed by atoms with Crippen LogP contribution in [0.5, 0.6) is 0 Å². The zero-order valence-electron chi connectivity index (χ0n) is 7.86. The van der Waals surface area contributed by atoms with Crippen molar-refractivity contribution in [1.29, 1.82) is 0 Å². The second-order valence-corrected chi connectivity index (χ2v) is 2.74. The van der Waals surface area contributed by atoms with Crippen molar-refractivity contribution in [3.8, 4) is 0 Å². The lowest BCUT2D eigenvalue weighted by atomic mass is 10.2. The molecule has 0 fully saturated rings. The molecule has 0 saturated carbocycles. The van der Waals surface area contributed by atoms with Crippen LogP contribution < -0.4 is 0 Å². The number of rotatable bonds is 6. The molecule has 0 spiro atoms. The second-order valence-electron chi connectivity index (χ2n) is 2.74. The Morgan fingerprint density at radius 2 is 1.92 bits per heavy atom. The molecule has 0 heterocycles. The van der Waals surface area contributed by atoms with E-state index in [0.29, 0.717) is 0 Å². The normalized spacial score (nSPS) is 14.6. The summed E-state index contributed by atoms with van der Waals surface area (Å²) in [6, 6.07) is 0. The number of hydrogen-bond donors (Lipinski definition) is 1. The fraction of sp³-hybridized carbons (Fsp3) is 0.600. The average Bonchev–Trinajstić information content (AvgIpc) is 2.10. The van der Waals surface area contributed by atoms with Crippen LogP contribution in [0.3, 0.4) is 0 Å². The van der Waals surface area contributed by atoms with Crippen molar-refractivity contribution < 1.29 is 10.1 Å². The summed E-state index contributed by atoms with van der Waals surface area (Å²) in [4.78, 5) is 4.11. The Balaban J connectivity index is 3.31. The molecular weight excluding hydrogens is 152 g/mol. The van der Waals surface area contributed by atoms with Gasteiger partial charge in [-0.05, 0) is 26.2 Å². The molecule has 0 aromatic heterocycles. The molecule has 0 bridgehead atoms. The van der Waals surface area contributed by atoms with Gasteiger partial charge in [0.15, 0.2) is 0 Å². The third-order valence-corrected chi connectivity index (χ3v) is 1.49. The van der Waals surface area contributed by atoms with E-state index in [1.807, 2.05) is 13.0 Å². The van der Waals surface area contributed by atoms with E-state index in [4.69, 9.17) is 5.26 Å². The smallest absolute Gasteiger partial charge is 0.0933 e. The van der Waals surface area contributed by atoms with Crippen molar-refractivity contribution in [2.24, 2.45) is 0 Å². The first-order valence-electron chi connectivity index (χ1n) is 4.41. The van der Waals surface area contributed by atoms with Crippen molar-refractivity contribution in [2.75, 3.05) is 0 Å². The molecule has 2 heteroatoms. The topological polar surface area (TPSA) is 29.5 Å². The lowest BCUT2D eigenvalue weighted by molar-refractivity contribution is -0.272. The van der Waals surface area contributed by atoms with Crippen LogP contribution in [-0.4, -0.2) is 11.4 Å². The highest BCUT2D eigenvalue weighted by Gasteiger charge is 1.94. The van der Waals surface area contributed by atoms with Gasteiger partial charge in [-0.25, -0.2) is 4.89 Å². The summed E-state index contributed by atoms with van der Waals surface area (Å²) >= 11 is 0. The monoisotopic (exact) mass is 170 g/mol. The zero-order chi connectivity index (χ0) is 9.23. The van der Waals surface area contributed by atoms with Gasteiger partial charge in [0.05, 0.1) is 6.10 Å². The Hall–Kier alpha value is -0.600. The van der Waals surface area contributed by atoms with Gasteiger partial charge >= 0.3 is 0 Å². The highest BCUT2D eigenvalue weighted by atomic mass is 17.1. The minimum absolute atomic E-state index is 0.101. The molecule has 0 saturated heterocycles. The highest BCUT2D eigenvalue weighted by Crippen LogP contribution is 1.97. The molecule has 1 unspecified atom stereocenters. The van der Waals surface area contributed by atoms with E-state index >= 15 is 0 Å². The van der Waals surface area contributed by atoms with Gasteiger partial charge in [-0.1, -0.05) is 31.2 Å². The minimum atomic E-state index is -0.101. The average molecular weight is 170 g/mol. The molecule has 0 aliphatic rings. The van der Waals surface area contributed by atoms with Crippen LogP contribution in [0.4, 0.5) is 0 Å². The van der Waals surface area contributed by atoms with E-state index in [2.05, 4.69) is 30.0 Å². The predicted octanol–water partition coefficient (Wildman–Crippen LogP) is 3.17. The van der Waals surface area contributed by atoms with Gasteiger partial charge in [0, 0.05) is 0 Å². The molecule has 0 aromatic carbocycles. The lowest BCUT2D eigenvalue weighted by Crippen LogP contribution is -2.02. The SMILES string of the molecule is CC/C=C/CC=CCC(C)OO. The fourth-order valence-electron chi connectivity index (χ4n) is 0.769. The quantitative estimate of drug-likeness (QED) is 0.377. The predicted molar refractivity (Wildman–Crippen MR) is 51.0 cm³/mol. The van der Waals surface area contributed by atoms with E-state index in [1.54, 1.807) is 0 Å². The van der Waals surface area contributed by atoms with Crippen LogP contribution in [-0.2, 0) is 4.89 Å². The van der Waals surface area contributed by atoms with Crippen LogP contribution in [0.15, 0.2) is 24.3 Å². The molecule has 70 valence electrons. The van der Waals surface area contributed by atoms with Crippen molar-refractivity contribution in [3.05, 3.63) is 24.3 Å². The number of allylic oxidation sites excluding steroid dienone is 3. The first-order chi connectivity index (χ1) is 5.81. The van der Waals surface area contributed by atoms with Crippen LogP contribution in [0.2, 0.25) is 0 Å². The lowest BCUT2D eigenvalue weighted by Gasteiger charge is -2.00. The molecule has 0 radical (unpaired) electrons. The molecule has 2 nitrogen and oxygen atoms in total. The molecule has 0 amide bonds. The third-order valence-electron chi connectivity index (χ3n) is 1.49. The Bertz CT molecular complexity index is 139. The Kier molecular flexibility index (Phi) is 8.07. The first-order valence-corrected chi connectivity index (χ1v) is 4.41. The summed E-state index contributed by atoms with van der Waals surface area (Å²) in [7, 11) is 0. The molecule has 12 heavy (non-hydrogen) atoms. The van der Waals surface area contributed by atoms with Gasteiger partial charge in [-0.2, -0.15) is 0 Å². The molecule has 1 atom stereocenters. The summed E-state index contributed by atoms with van der Waals surface area (Å²) in [5.41, 5.74) is 0. The van der Waals surface area contributed by atoms with Crippen LogP contribution in [0.25, 0.3) is 0 Å². The van der Waals surface area contributed by atoms with Gasteiger partial charge in [0.2, 0.25) is 0 Å². The minimum Gasteiger partial charge on any atom is -0.252 e. The van der Waals surface area contributed by atoms with Gasteiger partial charge in [-0.15, -0.1) is 0 Å². The van der Waals surface area contributed by atoms with Crippen molar-refractivity contribution in [1.82, 2.24) is 0 Å². The highest BCUT2D eigenvalue weighted by molar-refractivity contribution is 4.92. The summed E-state index contributed by atoms with van der Waals surface area (Å²) in [6.07, 6.45) is 11.1. The van der Waals surface area contributed by atoms with Crippen LogP contribution in [0.1, 0.15) is 33.1 Å². The first kappa shape index (κ1) is 11.4.